The Balaban J connectivity index is 1.56. The lowest BCUT2D eigenvalue weighted by Crippen LogP contribution is -2.48. The van der Waals surface area contributed by atoms with Crippen LogP contribution in [0.25, 0.3) is 0 Å². The number of hydrogen-bond donors (Lipinski definition) is 0. The van der Waals surface area contributed by atoms with Crippen LogP contribution in [0.4, 0.5) is 0 Å². The van der Waals surface area contributed by atoms with Crippen LogP contribution in [0, 0.1) is 6.92 Å². The standard InChI is InChI=1S/C20H28N4O2S/c1-14-7-5-10-17(11-14)26-12-18-21-22-20(23(18)4)27-13-19(25)24-15(2)8-6-9-16(24)3/h5,7,10-11,15-16H,6,8-9,12-13H2,1-4H3/t15-,16-/m0/s1. The van der Waals surface area contributed by atoms with Crippen LogP contribution >= 0.6 is 11.8 Å². The van der Waals surface area contributed by atoms with Crippen LogP contribution in [0.2, 0.25) is 0 Å². The summed E-state index contributed by atoms with van der Waals surface area (Å²) in [6.45, 7) is 6.66. The van der Waals surface area contributed by atoms with E-state index in [0.29, 0.717) is 24.4 Å². The van der Waals surface area contributed by atoms with Crippen molar-refractivity contribution in [2.45, 2.75) is 63.9 Å². The van der Waals surface area contributed by atoms with Gasteiger partial charge in [-0.15, -0.1) is 10.2 Å². The monoisotopic (exact) mass is 388 g/mol. The Morgan fingerprint density at radius 1 is 1.26 bits per heavy atom. The average molecular weight is 389 g/mol. The largest absolute Gasteiger partial charge is 0.486 e. The maximum atomic E-state index is 12.7. The fourth-order valence-corrected chi connectivity index (χ4v) is 4.36. The van der Waals surface area contributed by atoms with Gasteiger partial charge in [-0.05, 0) is 57.7 Å². The number of carbonyl (C=O) groups is 1. The number of thioether (sulfide) groups is 1. The highest BCUT2D eigenvalue weighted by molar-refractivity contribution is 7.99. The molecule has 3 rings (SSSR count). The minimum atomic E-state index is 0.181. The average Bonchev–Trinajstić information content (AvgIpc) is 2.98. The molecule has 6 nitrogen and oxygen atoms in total. The van der Waals surface area contributed by atoms with Crippen molar-refractivity contribution in [1.29, 1.82) is 0 Å². The molecule has 1 aromatic carbocycles. The molecule has 0 N–H and O–H groups in total. The second-order valence-electron chi connectivity index (χ2n) is 7.28. The number of piperidine rings is 1. The van der Waals surface area contributed by atoms with Gasteiger partial charge in [0.15, 0.2) is 11.0 Å². The maximum Gasteiger partial charge on any atom is 0.233 e. The quantitative estimate of drug-likeness (QED) is 0.708. The Morgan fingerprint density at radius 2 is 2.00 bits per heavy atom. The molecule has 1 fully saturated rings. The van der Waals surface area contributed by atoms with Crippen LogP contribution in [-0.2, 0) is 18.4 Å². The van der Waals surface area contributed by atoms with Crippen molar-refractivity contribution >= 4 is 17.7 Å². The molecule has 7 heteroatoms. The fourth-order valence-electron chi connectivity index (χ4n) is 3.56. The van der Waals surface area contributed by atoms with Crippen molar-refractivity contribution in [2.75, 3.05) is 5.75 Å². The smallest absolute Gasteiger partial charge is 0.233 e. The number of amides is 1. The summed E-state index contributed by atoms with van der Waals surface area (Å²) in [6.07, 6.45) is 3.38. The van der Waals surface area contributed by atoms with Crippen molar-refractivity contribution in [2.24, 2.45) is 7.05 Å². The van der Waals surface area contributed by atoms with Gasteiger partial charge in [-0.2, -0.15) is 0 Å². The summed E-state index contributed by atoms with van der Waals surface area (Å²) in [5, 5.41) is 9.18. The molecule has 1 saturated heterocycles. The van der Waals surface area contributed by atoms with Gasteiger partial charge < -0.3 is 14.2 Å². The first-order valence-electron chi connectivity index (χ1n) is 9.47. The van der Waals surface area contributed by atoms with E-state index in [4.69, 9.17) is 4.74 Å². The minimum absolute atomic E-state index is 0.181. The first-order chi connectivity index (χ1) is 13.0. The van der Waals surface area contributed by atoms with Crippen LogP contribution in [-0.4, -0.2) is 43.4 Å². The van der Waals surface area contributed by atoms with E-state index in [0.717, 1.165) is 35.1 Å². The van der Waals surface area contributed by atoms with Crippen molar-refractivity contribution in [3.05, 3.63) is 35.7 Å². The molecular formula is C20H28N4O2S. The van der Waals surface area contributed by atoms with Crippen molar-refractivity contribution in [1.82, 2.24) is 19.7 Å². The minimum Gasteiger partial charge on any atom is -0.486 e. The molecular weight excluding hydrogens is 360 g/mol. The van der Waals surface area contributed by atoms with Crippen LogP contribution in [0.15, 0.2) is 29.4 Å². The van der Waals surface area contributed by atoms with Gasteiger partial charge in [0.2, 0.25) is 5.91 Å². The summed E-state index contributed by atoms with van der Waals surface area (Å²) >= 11 is 1.44. The van der Waals surface area contributed by atoms with Crippen molar-refractivity contribution < 1.29 is 9.53 Å². The van der Waals surface area contributed by atoms with E-state index in [9.17, 15) is 4.79 Å². The molecule has 0 saturated carbocycles. The van der Waals surface area contributed by atoms with Crippen LogP contribution in [0.3, 0.4) is 0 Å². The van der Waals surface area contributed by atoms with Gasteiger partial charge in [0.05, 0.1) is 5.75 Å². The Kier molecular flexibility index (Phi) is 6.42. The van der Waals surface area contributed by atoms with E-state index in [1.165, 1.54) is 18.2 Å². The van der Waals surface area contributed by atoms with Crippen molar-refractivity contribution in [3.8, 4) is 5.75 Å². The fraction of sp³-hybridized carbons (Fsp3) is 0.550. The molecule has 146 valence electrons. The zero-order valence-corrected chi connectivity index (χ0v) is 17.3. The molecule has 0 spiro atoms. The summed E-state index contributed by atoms with van der Waals surface area (Å²) in [5.74, 6) is 2.13. The van der Waals surface area contributed by atoms with Crippen LogP contribution in [0.5, 0.6) is 5.75 Å². The van der Waals surface area contributed by atoms with Gasteiger partial charge in [-0.1, -0.05) is 23.9 Å². The van der Waals surface area contributed by atoms with Crippen LogP contribution < -0.4 is 4.74 Å². The van der Waals surface area contributed by atoms with E-state index in [1.54, 1.807) is 0 Å². The van der Waals surface area contributed by atoms with Gasteiger partial charge in [-0.25, -0.2) is 0 Å². The highest BCUT2D eigenvalue weighted by Gasteiger charge is 2.29. The predicted molar refractivity (Wildman–Crippen MR) is 107 cm³/mol. The third-order valence-electron chi connectivity index (χ3n) is 5.09. The number of carbonyl (C=O) groups excluding carboxylic acids is 1. The predicted octanol–water partition coefficient (Wildman–Crippen LogP) is 3.58. The Morgan fingerprint density at radius 3 is 2.70 bits per heavy atom. The zero-order chi connectivity index (χ0) is 19.4. The first-order valence-corrected chi connectivity index (χ1v) is 10.5. The normalized spacial score (nSPS) is 19.9. The molecule has 1 amide bonds. The van der Waals surface area contributed by atoms with Gasteiger partial charge in [0.25, 0.3) is 0 Å². The van der Waals surface area contributed by atoms with Gasteiger partial charge >= 0.3 is 0 Å². The number of nitrogens with zero attached hydrogens (tertiary/aromatic N) is 4. The Labute approximate surface area is 165 Å². The summed E-state index contributed by atoms with van der Waals surface area (Å²) < 4.78 is 7.71. The number of ether oxygens (including phenoxy) is 1. The number of rotatable bonds is 6. The lowest BCUT2D eigenvalue weighted by atomic mass is 9.98. The highest BCUT2D eigenvalue weighted by Crippen LogP contribution is 2.25. The van der Waals surface area contributed by atoms with Crippen molar-refractivity contribution in [3.63, 3.8) is 0 Å². The zero-order valence-electron chi connectivity index (χ0n) is 16.5. The molecule has 0 radical (unpaired) electrons. The SMILES string of the molecule is Cc1cccc(OCc2nnc(SCC(=O)N3[C@@H](C)CCC[C@@H]3C)n2C)c1. The molecule has 2 atom stereocenters. The Bertz CT molecular complexity index is 782. The third kappa shape index (κ3) is 4.83. The molecule has 27 heavy (non-hydrogen) atoms. The number of likely N-dealkylation sites (tertiary alicyclic amines) is 1. The maximum absolute atomic E-state index is 12.7. The molecule has 2 heterocycles. The van der Waals surface area contributed by atoms with E-state index in [2.05, 4.69) is 24.0 Å². The summed E-state index contributed by atoms with van der Waals surface area (Å²) in [4.78, 5) is 14.7. The highest BCUT2D eigenvalue weighted by atomic mass is 32.2. The molecule has 0 unspecified atom stereocenters. The van der Waals surface area contributed by atoms with E-state index in [-0.39, 0.29) is 5.91 Å². The second kappa shape index (κ2) is 8.78. The topological polar surface area (TPSA) is 60.3 Å². The summed E-state index contributed by atoms with van der Waals surface area (Å²) in [6, 6.07) is 8.56. The van der Waals surface area contributed by atoms with Gasteiger partial charge in [0, 0.05) is 19.1 Å². The third-order valence-corrected chi connectivity index (χ3v) is 6.09. The number of hydrogen-bond acceptors (Lipinski definition) is 5. The van der Waals surface area contributed by atoms with Gasteiger partial charge in [-0.3, -0.25) is 4.79 Å². The number of benzene rings is 1. The number of aromatic nitrogens is 3. The summed E-state index contributed by atoms with van der Waals surface area (Å²) in [5.41, 5.74) is 1.15. The molecule has 1 aliphatic rings. The van der Waals surface area contributed by atoms with E-state index in [1.807, 2.05) is 47.7 Å². The second-order valence-corrected chi connectivity index (χ2v) is 8.22. The van der Waals surface area contributed by atoms with Gasteiger partial charge in [0.1, 0.15) is 12.4 Å². The molecule has 0 aliphatic carbocycles. The lowest BCUT2D eigenvalue weighted by molar-refractivity contribution is -0.134. The van der Waals surface area contributed by atoms with Crippen LogP contribution in [0.1, 0.15) is 44.5 Å². The number of aryl methyl sites for hydroxylation is 1. The lowest BCUT2D eigenvalue weighted by Gasteiger charge is -2.39. The Hall–Kier alpha value is -2.02. The van der Waals surface area contributed by atoms with E-state index < -0.39 is 0 Å². The molecule has 0 bridgehead atoms. The molecule has 2 aromatic rings. The molecule has 1 aliphatic heterocycles. The molecule has 1 aromatic heterocycles. The van der Waals surface area contributed by atoms with E-state index >= 15 is 0 Å². The summed E-state index contributed by atoms with van der Waals surface area (Å²) in [7, 11) is 1.91. The first kappa shape index (κ1) is 19.7.